The van der Waals surface area contributed by atoms with Gasteiger partial charge in [-0.25, -0.2) is 4.98 Å². The molecular formula is C14H19ClN4O. The molecule has 1 aromatic carbocycles. The van der Waals surface area contributed by atoms with Gasteiger partial charge in [0.05, 0.1) is 5.52 Å². The van der Waals surface area contributed by atoms with Gasteiger partial charge in [-0.2, -0.15) is 4.98 Å². The average molecular weight is 295 g/mol. The number of rotatable bonds is 6. The van der Waals surface area contributed by atoms with Gasteiger partial charge < -0.3 is 15.7 Å². The second kappa shape index (κ2) is 6.72. The van der Waals surface area contributed by atoms with E-state index in [2.05, 4.69) is 20.6 Å². The Kier molecular flexibility index (Phi) is 4.98. The van der Waals surface area contributed by atoms with Crippen molar-refractivity contribution >= 4 is 35.1 Å². The highest BCUT2D eigenvalue weighted by Crippen LogP contribution is 2.28. The van der Waals surface area contributed by atoms with E-state index in [-0.39, 0.29) is 19.0 Å². The second-order valence-corrected chi connectivity index (χ2v) is 4.84. The van der Waals surface area contributed by atoms with Crippen molar-refractivity contribution in [3.8, 4) is 0 Å². The zero-order valence-electron chi connectivity index (χ0n) is 11.2. The molecule has 108 valence electrons. The predicted octanol–water partition coefficient (Wildman–Crippen LogP) is 2.42. The highest BCUT2D eigenvalue weighted by molar-refractivity contribution is 5.90. The van der Waals surface area contributed by atoms with E-state index in [1.807, 2.05) is 24.3 Å². The number of halogens is 1. The van der Waals surface area contributed by atoms with Crippen LogP contribution < -0.4 is 10.6 Å². The summed E-state index contributed by atoms with van der Waals surface area (Å²) in [6, 6.07) is 8.57. The first-order valence-corrected chi connectivity index (χ1v) is 6.75. The Hall–Kier alpha value is -1.59. The summed E-state index contributed by atoms with van der Waals surface area (Å²) in [6.45, 7) is 0.853. The molecule has 6 heteroatoms. The van der Waals surface area contributed by atoms with E-state index in [0.717, 1.165) is 16.7 Å². The average Bonchev–Trinajstić information content (AvgIpc) is 3.23. The quantitative estimate of drug-likeness (QED) is 0.714. The summed E-state index contributed by atoms with van der Waals surface area (Å²) in [6.07, 6.45) is 3.12. The summed E-state index contributed by atoms with van der Waals surface area (Å²) >= 11 is 0. The van der Waals surface area contributed by atoms with Crippen LogP contribution in [-0.4, -0.2) is 34.3 Å². The van der Waals surface area contributed by atoms with Gasteiger partial charge in [-0.05, 0) is 31.4 Å². The molecule has 0 saturated heterocycles. The topological polar surface area (TPSA) is 70.1 Å². The molecule has 1 aliphatic rings. The van der Waals surface area contributed by atoms with Gasteiger partial charge in [0.25, 0.3) is 0 Å². The van der Waals surface area contributed by atoms with E-state index in [9.17, 15) is 0 Å². The van der Waals surface area contributed by atoms with Crippen molar-refractivity contribution in [2.24, 2.45) is 0 Å². The van der Waals surface area contributed by atoms with Crippen molar-refractivity contribution < 1.29 is 5.11 Å². The molecule has 0 radical (unpaired) electrons. The van der Waals surface area contributed by atoms with Crippen LogP contribution in [0.5, 0.6) is 0 Å². The maximum absolute atomic E-state index is 8.80. The fourth-order valence-corrected chi connectivity index (χ4v) is 1.97. The lowest BCUT2D eigenvalue weighted by molar-refractivity contribution is 0.292. The van der Waals surface area contributed by atoms with Crippen molar-refractivity contribution in [3.63, 3.8) is 0 Å². The van der Waals surface area contributed by atoms with E-state index in [1.165, 1.54) is 12.8 Å². The van der Waals surface area contributed by atoms with Crippen LogP contribution in [0.15, 0.2) is 24.3 Å². The number of aromatic nitrogens is 2. The van der Waals surface area contributed by atoms with Gasteiger partial charge in [0.1, 0.15) is 5.82 Å². The first-order valence-electron chi connectivity index (χ1n) is 6.75. The second-order valence-electron chi connectivity index (χ2n) is 4.84. The highest BCUT2D eigenvalue weighted by atomic mass is 35.5. The number of para-hydroxylation sites is 1. The SMILES string of the molecule is Cl.OCCCNc1nc(NC2CC2)c2ccccc2n1. The zero-order chi connectivity index (χ0) is 13.1. The molecule has 0 aliphatic heterocycles. The summed E-state index contributed by atoms with van der Waals surface area (Å²) in [5, 5.41) is 16.5. The van der Waals surface area contributed by atoms with Crippen LogP contribution in [0.1, 0.15) is 19.3 Å². The van der Waals surface area contributed by atoms with Crippen molar-refractivity contribution in [1.29, 1.82) is 0 Å². The number of anilines is 2. The van der Waals surface area contributed by atoms with Gasteiger partial charge in [-0.15, -0.1) is 12.4 Å². The number of aliphatic hydroxyl groups is 1. The number of hydrogen-bond donors (Lipinski definition) is 3. The van der Waals surface area contributed by atoms with E-state index < -0.39 is 0 Å². The lowest BCUT2D eigenvalue weighted by atomic mass is 10.2. The Morgan fingerprint density at radius 3 is 2.75 bits per heavy atom. The number of fused-ring (bicyclic) bond motifs is 1. The Morgan fingerprint density at radius 2 is 2.00 bits per heavy atom. The van der Waals surface area contributed by atoms with Crippen molar-refractivity contribution in [3.05, 3.63) is 24.3 Å². The van der Waals surface area contributed by atoms with Crippen molar-refractivity contribution in [1.82, 2.24) is 9.97 Å². The number of aliphatic hydroxyl groups excluding tert-OH is 1. The molecule has 2 aromatic rings. The first kappa shape index (κ1) is 14.8. The molecule has 0 spiro atoms. The van der Waals surface area contributed by atoms with E-state index >= 15 is 0 Å². The highest BCUT2D eigenvalue weighted by Gasteiger charge is 2.22. The molecule has 20 heavy (non-hydrogen) atoms. The maximum Gasteiger partial charge on any atom is 0.225 e. The summed E-state index contributed by atoms with van der Waals surface area (Å²) in [5.41, 5.74) is 0.937. The van der Waals surface area contributed by atoms with Crippen LogP contribution in [-0.2, 0) is 0 Å². The molecule has 3 N–H and O–H groups in total. The monoisotopic (exact) mass is 294 g/mol. The van der Waals surface area contributed by atoms with Gasteiger partial charge in [-0.1, -0.05) is 12.1 Å². The summed E-state index contributed by atoms with van der Waals surface area (Å²) < 4.78 is 0. The third kappa shape index (κ3) is 3.49. The minimum Gasteiger partial charge on any atom is -0.396 e. The number of benzene rings is 1. The molecule has 3 rings (SSSR count). The molecular weight excluding hydrogens is 276 g/mol. The fourth-order valence-electron chi connectivity index (χ4n) is 1.97. The molecule has 1 fully saturated rings. The van der Waals surface area contributed by atoms with Gasteiger partial charge >= 0.3 is 0 Å². The van der Waals surface area contributed by atoms with Gasteiger partial charge in [0.2, 0.25) is 5.95 Å². The largest absolute Gasteiger partial charge is 0.396 e. The molecule has 1 aliphatic carbocycles. The van der Waals surface area contributed by atoms with Crippen LogP contribution in [0.2, 0.25) is 0 Å². The third-order valence-corrected chi connectivity index (χ3v) is 3.14. The predicted molar refractivity (Wildman–Crippen MR) is 83.6 cm³/mol. The minimum atomic E-state index is 0. The smallest absolute Gasteiger partial charge is 0.225 e. The van der Waals surface area contributed by atoms with E-state index in [0.29, 0.717) is 25.0 Å². The molecule has 1 aromatic heterocycles. The molecule has 1 saturated carbocycles. The van der Waals surface area contributed by atoms with E-state index in [1.54, 1.807) is 0 Å². The summed E-state index contributed by atoms with van der Waals surface area (Å²) in [5.74, 6) is 1.52. The number of nitrogens with zero attached hydrogens (tertiary/aromatic N) is 2. The lowest BCUT2D eigenvalue weighted by Gasteiger charge is -2.11. The number of nitrogens with one attached hydrogen (secondary N) is 2. The number of hydrogen-bond acceptors (Lipinski definition) is 5. The molecule has 0 bridgehead atoms. The van der Waals surface area contributed by atoms with Gasteiger partial charge in [0, 0.05) is 24.6 Å². The third-order valence-electron chi connectivity index (χ3n) is 3.14. The van der Waals surface area contributed by atoms with Crippen LogP contribution in [0.3, 0.4) is 0 Å². The normalized spacial score (nSPS) is 13.8. The van der Waals surface area contributed by atoms with Crippen LogP contribution in [0.25, 0.3) is 10.9 Å². The van der Waals surface area contributed by atoms with Crippen LogP contribution in [0, 0.1) is 0 Å². The Labute approximate surface area is 124 Å². The molecule has 0 atom stereocenters. The Balaban J connectivity index is 0.00000147. The van der Waals surface area contributed by atoms with Gasteiger partial charge in [-0.3, -0.25) is 0 Å². The molecule has 0 amide bonds. The first-order chi connectivity index (χ1) is 9.36. The summed E-state index contributed by atoms with van der Waals surface area (Å²) in [4.78, 5) is 9.03. The summed E-state index contributed by atoms with van der Waals surface area (Å²) in [7, 11) is 0. The Bertz CT molecular complexity index is 574. The van der Waals surface area contributed by atoms with Crippen LogP contribution >= 0.6 is 12.4 Å². The van der Waals surface area contributed by atoms with Crippen molar-refractivity contribution in [2.75, 3.05) is 23.8 Å². The molecule has 1 heterocycles. The van der Waals surface area contributed by atoms with Gasteiger partial charge in [0.15, 0.2) is 0 Å². The standard InChI is InChI=1S/C14H18N4O.ClH/c19-9-3-8-15-14-17-12-5-2-1-4-11(12)13(18-14)16-10-6-7-10;/h1-2,4-5,10,19H,3,6-9H2,(H2,15,16,17,18);1H. The maximum atomic E-state index is 8.80. The molecule has 0 unspecified atom stereocenters. The molecule has 5 nitrogen and oxygen atoms in total. The zero-order valence-corrected chi connectivity index (χ0v) is 12.0. The van der Waals surface area contributed by atoms with Crippen LogP contribution in [0.4, 0.5) is 11.8 Å². The Morgan fingerprint density at radius 1 is 1.20 bits per heavy atom. The lowest BCUT2D eigenvalue weighted by Crippen LogP contribution is -2.10. The van der Waals surface area contributed by atoms with E-state index in [4.69, 9.17) is 5.11 Å². The van der Waals surface area contributed by atoms with Crippen molar-refractivity contribution in [2.45, 2.75) is 25.3 Å². The minimum absolute atomic E-state index is 0. The fraction of sp³-hybridized carbons (Fsp3) is 0.429.